The molecule has 4 heterocycles. The number of hydrogen-bond donors (Lipinski definition) is 2. The van der Waals surface area contributed by atoms with E-state index >= 15 is 0 Å². The van der Waals surface area contributed by atoms with Gasteiger partial charge in [0.1, 0.15) is 44.7 Å². The Balaban J connectivity index is 0.000000123. The zero-order valence-electron chi connectivity index (χ0n) is 77.3. The second-order valence-electron chi connectivity index (χ2n) is 36.4. The molecular weight excluding hydrogens is 2010 g/mol. The average molecular weight is 2090 g/mol. The molecule has 0 aliphatic rings. The summed E-state index contributed by atoms with van der Waals surface area (Å²) >= 11 is 10.9. The lowest BCUT2D eigenvalue weighted by Gasteiger charge is -2.30. The summed E-state index contributed by atoms with van der Waals surface area (Å²) in [5.41, 5.74) is 28.6. The van der Waals surface area contributed by atoms with Crippen LogP contribution in [0.2, 0.25) is 0 Å². The molecule has 0 saturated heterocycles. The molecule has 4 aromatic heterocycles. The number of hydrogen-bond acceptors (Lipinski definition) is 8. The first-order chi connectivity index (χ1) is 71.0. The normalized spacial score (nSPS) is 11.6. The summed E-state index contributed by atoms with van der Waals surface area (Å²) in [6.45, 7) is 0. The third-order valence-electron chi connectivity index (χ3n) is 28.2. The molecule has 0 amide bonds. The molecule has 24 aromatic carbocycles. The average Bonchev–Trinajstić information content (AvgIpc) is 1.50. The van der Waals surface area contributed by atoms with Crippen LogP contribution in [0.15, 0.2) is 512 Å². The van der Waals surface area contributed by atoms with E-state index in [0.717, 1.165) is 212 Å². The van der Waals surface area contributed by atoms with Gasteiger partial charge in [0.15, 0.2) is 0 Å². The van der Waals surface area contributed by atoms with Crippen LogP contribution in [0.25, 0.3) is 230 Å². The van der Waals surface area contributed by atoms with E-state index in [1.165, 1.54) is 59.6 Å². The van der Waals surface area contributed by atoms with Crippen LogP contribution in [0.4, 0.5) is 34.1 Å². The maximum absolute atomic E-state index is 9.74. The second kappa shape index (κ2) is 36.8. The van der Waals surface area contributed by atoms with Gasteiger partial charge in [0.25, 0.3) is 0 Å². The highest BCUT2D eigenvalue weighted by atomic mass is 127. The van der Waals surface area contributed by atoms with Crippen LogP contribution in [0.3, 0.4) is 0 Å². The van der Waals surface area contributed by atoms with Crippen LogP contribution >= 0.6 is 54.5 Å². The van der Waals surface area contributed by atoms with E-state index in [-0.39, 0.29) is 0 Å². The number of furan rings is 4. The van der Waals surface area contributed by atoms with Crippen molar-refractivity contribution in [3.8, 4) is 77.9 Å². The first-order valence-corrected chi connectivity index (χ1v) is 50.8. The largest absolute Gasteiger partial charge is 0.489 e. The third kappa shape index (κ3) is 15.3. The summed E-state index contributed by atoms with van der Waals surface area (Å²) in [4.78, 5) is 4.85. The lowest BCUT2D eigenvalue weighted by atomic mass is 9.77. The fraction of sp³-hybridized carbons (Fsp3) is 0. The molecule has 0 radical (unpaired) electrons. The van der Waals surface area contributed by atoms with Crippen LogP contribution < -0.4 is 15.3 Å². The molecule has 12 heteroatoms. The highest BCUT2D eigenvalue weighted by molar-refractivity contribution is 14.1. The van der Waals surface area contributed by atoms with E-state index in [4.69, 9.17) is 17.7 Å². The zero-order chi connectivity index (χ0) is 96.2. The summed E-state index contributed by atoms with van der Waals surface area (Å²) in [6.07, 6.45) is 0. The van der Waals surface area contributed by atoms with Crippen LogP contribution in [0.1, 0.15) is 0 Å². The summed E-state index contributed by atoms with van der Waals surface area (Å²) in [5.74, 6) is 0. The fourth-order valence-corrected chi connectivity index (χ4v) is 23.4. The number of anilines is 6. The van der Waals surface area contributed by atoms with Crippen molar-refractivity contribution < 1.29 is 27.7 Å². The third-order valence-corrected chi connectivity index (χ3v) is 31.6. The Morgan fingerprint density at radius 3 is 1.02 bits per heavy atom. The van der Waals surface area contributed by atoms with Gasteiger partial charge in [0, 0.05) is 81.9 Å². The van der Waals surface area contributed by atoms with Crippen molar-refractivity contribution in [3.05, 3.63) is 498 Å². The van der Waals surface area contributed by atoms with E-state index in [0.29, 0.717) is 11.0 Å². The molecule has 680 valence electrons. The Bertz CT molecular complexity index is 9970. The molecule has 0 spiro atoms. The lowest BCUT2D eigenvalue weighted by molar-refractivity contribution is 0.426. The summed E-state index contributed by atoms with van der Waals surface area (Å²) in [5, 5.41) is 41.7. The van der Waals surface area contributed by atoms with Crippen molar-refractivity contribution in [2.24, 2.45) is 0 Å². The van der Waals surface area contributed by atoms with Crippen LogP contribution in [0.5, 0.6) is 0 Å². The standard InChI is InChI=1S/C66H40BrNO2.C44H27BrINO.C22H15BO3/c67-64-59(68(47-25-13-24-44(37-47)41-17-3-1-4-18-41)58-38-46-22-8-10-27-49(46)50-28-11-12-29-52(50)58)40-57-53-36-35-45(42-19-5-2-6-20-42)39-61(53)70-66(57)63(64)55-32-16-34-60-62(55)56-33-15-31-54(65(56)69-60)51-30-14-23-43-21-7-9-26-48(43)51;45-42-40(27-38-37-23-22-31(29-14-5-2-6-15-29)26-41(37)48-44(38)43(42)46)47(33-18-11-17-30(24-33)28-12-3-1-4-13-28)39-25-32-16-7-8-19-34(32)35-20-9-10-21-36(35)39;24-23(25)19-12-5-13-20-21(19)18-11-4-10-17(22(18)26-20)16-9-3-7-14-6-1-2-8-15(14)16/h1-40H;1-27H;1-13,24-25H. The monoisotopic (exact) mass is 2090 g/mol. The first-order valence-electron chi connectivity index (χ1n) is 48.1. The SMILES string of the molecule is Brc1c(N(c2cccc(-c3ccccc3)c2)c2cc3ccccc3c3ccccc23)cc2c(oc3cc(-c4ccccc4)ccc32)c1-c1cccc2oc3c(-c4cccc5ccccc45)cccc3c12.Brc1c(N(c2cccc(-c3ccccc3)c2)c2cc3ccccc3c3ccccc23)cc2c(oc3cc(-c4ccccc4)ccc32)c1I.OB(O)c1cccc2oc3c(-c4cccc5ccccc45)cccc3c12. The van der Waals surface area contributed by atoms with Gasteiger partial charge in [-0.3, -0.25) is 0 Å². The Hall–Kier alpha value is -16.7. The minimum absolute atomic E-state index is 0.455. The zero-order valence-corrected chi connectivity index (χ0v) is 82.7. The van der Waals surface area contributed by atoms with Crippen LogP contribution in [0, 0.1) is 3.57 Å². The fourth-order valence-electron chi connectivity index (χ4n) is 21.6. The molecule has 2 N–H and O–H groups in total. The van der Waals surface area contributed by atoms with Gasteiger partial charge in [-0.25, -0.2) is 0 Å². The predicted octanol–water partition coefficient (Wildman–Crippen LogP) is 38.0. The van der Waals surface area contributed by atoms with Crippen LogP contribution in [-0.2, 0) is 0 Å². The maximum atomic E-state index is 9.74. The Morgan fingerprint density at radius 1 is 0.208 bits per heavy atom. The van der Waals surface area contributed by atoms with Crippen molar-refractivity contribution in [2.45, 2.75) is 0 Å². The Kier molecular flexibility index (Phi) is 22.3. The molecule has 28 rings (SSSR count). The number of halogens is 3. The van der Waals surface area contributed by atoms with E-state index in [2.05, 4.69) is 489 Å². The number of benzene rings is 24. The van der Waals surface area contributed by atoms with Gasteiger partial charge >= 0.3 is 7.12 Å². The molecule has 0 aliphatic heterocycles. The second-order valence-corrected chi connectivity index (χ2v) is 39.1. The van der Waals surface area contributed by atoms with E-state index < -0.39 is 7.12 Å². The molecule has 144 heavy (non-hydrogen) atoms. The molecule has 0 bridgehead atoms. The van der Waals surface area contributed by atoms with Gasteiger partial charge in [-0.2, -0.15) is 0 Å². The Morgan fingerprint density at radius 2 is 0.542 bits per heavy atom. The van der Waals surface area contributed by atoms with Crippen molar-refractivity contribution in [3.63, 3.8) is 0 Å². The van der Waals surface area contributed by atoms with Crippen LogP contribution in [-0.4, -0.2) is 17.2 Å². The highest BCUT2D eigenvalue weighted by Crippen LogP contribution is 2.56. The minimum atomic E-state index is -1.54. The highest BCUT2D eigenvalue weighted by Gasteiger charge is 2.32. The first kappa shape index (κ1) is 87.6. The van der Waals surface area contributed by atoms with Crippen molar-refractivity contribution in [2.75, 3.05) is 9.80 Å². The van der Waals surface area contributed by atoms with Crippen molar-refractivity contribution in [1.82, 2.24) is 0 Å². The number of rotatable bonds is 14. The molecule has 28 aromatic rings. The Labute approximate surface area is 859 Å². The quantitative estimate of drug-likeness (QED) is 0.0631. The smallest absolute Gasteiger partial charge is 0.455 e. The lowest BCUT2D eigenvalue weighted by Crippen LogP contribution is -2.30. The number of fused-ring (bicyclic) bond motifs is 20. The van der Waals surface area contributed by atoms with Gasteiger partial charge < -0.3 is 37.5 Å². The van der Waals surface area contributed by atoms with Crippen molar-refractivity contribution >= 4 is 254 Å². The van der Waals surface area contributed by atoms with Gasteiger partial charge in [-0.15, -0.1) is 0 Å². The van der Waals surface area contributed by atoms with E-state index in [1.54, 1.807) is 12.1 Å². The van der Waals surface area contributed by atoms with Gasteiger partial charge in [-0.05, 0) is 260 Å². The minimum Gasteiger partial charge on any atom is -0.455 e. The summed E-state index contributed by atoms with van der Waals surface area (Å²) < 4.78 is 30.0. The number of para-hydroxylation sites is 2. The van der Waals surface area contributed by atoms with Gasteiger partial charge in [0.2, 0.25) is 0 Å². The molecule has 0 unspecified atom stereocenters. The topological polar surface area (TPSA) is 99.5 Å². The number of nitrogens with zero attached hydrogens (tertiary/aromatic N) is 2. The maximum Gasteiger partial charge on any atom is 0.489 e. The van der Waals surface area contributed by atoms with E-state index in [1.807, 2.05) is 48.5 Å². The van der Waals surface area contributed by atoms with Crippen molar-refractivity contribution in [1.29, 1.82) is 0 Å². The molecule has 0 aliphatic carbocycles. The predicted molar refractivity (Wildman–Crippen MR) is 619 cm³/mol. The molecule has 8 nitrogen and oxygen atoms in total. The van der Waals surface area contributed by atoms with Gasteiger partial charge in [-0.1, -0.05) is 400 Å². The van der Waals surface area contributed by atoms with E-state index in [9.17, 15) is 10.0 Å². The molecular formula is C132H82BBr2IN2O6. The molecule has 0 atom stereocenters. The summed E-state index contributed by atoms with van der Waals surface area (Å²) in [7, 11) is -1.54. The molecule has 0 saturated carbocycles. The molecule has 0 fully saturated rings. The summed E-state index contributed by atoms with van der Waals surface area (Å²) in [6, 6.07) is 171. The van der Waals surface area contributed by atoms with Gasteiger partial charge in [0.05, 0.1) is 35.3 Å².